The predicted octanol–water partition coefficient (Wildman–Crippen LogP) is 4.26. The second kappa shape index (κ2) is 9.16. The molecule has 0 aromatic carbocycles. The Labute approximate surface area is 134 Å². The fraction of sp³-hybridized carbons (Fsp3) is 0.889. The topological polar surface area (TPSA) is 52.6 Å². The molecule has 0 radical (unpaired) electrons. The number of hydrogen-bond acceptors (Lipinski definition) is 4. The highest BCUT2D eigenvalue weighted by Crippen LogP contribution is 2.37. The average Bonchev–Trinajstić information content (AvgIpc) is 2.82. The lowest BCUT2D eigenvalue weighted by Crippen LogP contribution is -2.24. The van der Waals surface area contributed by atoms with Crippen molar-refractivity contribution in [1.29, 1.82) is 0 Å². The summed E-state index contributed by atoms with van der Waals surface area (Å²) in [6.45, 7) is 6.32. The van der Waals surface area contributed by atoms with E-state index in [0.717, 1.165) is 38.5 Å². The van der Waals surface area contributed by atoms with Gasteiger partial charge in [0.2, 0.25) is 0 Å². The Morgan fingerprint density at radius 2 is 1.73 bits per heavy atom. The SMILES string of the molecule is COC(=O)CCCCCCCC[C@H]1C[C@H](C(C)(C)C)C(=O)O1. The van der Waals surface area contributed by atoms with E-state index in [1.807, 2.05) is 0 Å². The van der Waals surface area contributed by atoms with Crippen LogP contribution in [0.3, 0.4) is 0 Å². The van der Waals surface area contributed by atoms with Crippen molar-refractivity contribution in [2.75, 3.05) is 7.11 Å². The van der Waals surface area contributed by atoms with Gasteiger partial charge in [-0.3, -0.25) is 9.59 Å². The number of ether oxygens (including phenoxy) is 2. The number of esters is 2. The number of methoxy groups -OCH3 is 1. The third-order valence-electron chi connectivity index (χ3n) is 4.50. The van der Waals surface area contributed by atoms with Crippen LogP contribution in [0.5, 0.6) is 0 Å². The Hall–Kier alpha value is -1.06. The second-order valence-electron chi connectivity index (χ2n) is 7.45. The fourth-order valence-corrected chi connectivity index (χ4v) is 2.99. The van der Waals surface area contributed by atoms with E-state index < -0.39 is 0 Å². The molecule has 0 saturated carbocycles. The molecule has 1 fully saturated rings. The number of rotatable bonds is 9. The smallest absolute Gasteiger partial charge is 0.309 e. The van der Waals surface area contributed by atoms with Gasteiger partial charge < -0.3 is 9.47 Å². The first-order chi connectivity index (χ1) is 10.3. The van der Waals surface area contributed by atoms with E-state index in [0.29, 0.717) is 6.42 Å². The predicted molar refractivity (Wildman–Crippen MR) is 86.4 cm³/mol. The Morgan fingerprint density at radius 1 is 1.14 bits per heavy atom. The molecule has 2 atom stereocenters. The van der Waals surface area contributed by atoms with Crippen LogP contribution in [0.1, 0.15) is 78.6 Å². The van der Waals surface area contributed by atoms with Gasteiger partial charge in [0.1, 0.15) is 6.10 Å². The first-order valence-corrected chi connectivity index (χ1v) is 8.62. The Balaban J connectivity index is 2.02. The molecule has 0 aliphatic carbocycles. The van der Waals surface area contributed by atoms with Crippen molar-refractivity contribution in [3.05, 3.63) is 0 Å². The van der Waals surface area contributed by atoms with Gasteiger partial charge in [-0.15, -0.1) is 0 Å². The molecule has 0 bridgehead atoms. The zero-order valence-electron chi connectivity index (χ0n) is 14.7. The van der Waals surface area contributed by atoms with Gasteiger partial charge in [-0.05, 0) is 31.1 Å². The highest BCUT2D eigenvalue weighted by molar-refractivity contribution is 5.75. The molecule has 1 aliphatic rings. The van der Waals surface area contributed by atoms with Crippen molar-refractivity contribution < 1.29 is 19.1 Å². The first kappa shape index (κ1) is 19.0. The van der Waals surface area contributed by atoms with E-state index in [1.54, 1.807) is 0 Å². The van der Waals surface area contributed by atoms with Gasteiger partial charge in [0.05, 0.1) is 13.0 Å². The number of carbonyl (C=O) groups excluding carboxylic acids is 2. The molecule has 0 aromatic heterocycles. The number of hydrogen-bond donors (Lipinski definition) is 0. The van der Waals surface area contributed by atoms with E-state index in [9.17, 15) is 9.59 Å². The Kier molecular flexibility index (Phi) is 7.91. The van der Waals surface area contributed by atoms with Gasteiger partial charge in [-0.1, -0.05) is 46.5 Å². The highest BCUT2D eigenvalue weighted by Gasteiger charge is 2.41. The summed E-state index contributed by atoms with van der Waals surface area (Å²) in [6.07, 6.45) is 9.15. The van der Waals surface area contributed by atoms with Gasteiger partial charge in [0.15, 0.2) is 0 Å². The van der Waals surface area contributed by atoms with Crippen LogP contribution in [0.25, 0.3) is 0 Å². The second-order valence-corrected chi connectivity index (χ2v) is 7.45. The molecule has 0 aromatic rings. The maximum atomic E-state index is 11.9. The molecule has 128 valence electrons. The van der Waals surface area contributed by atoms with Crippen LogP contribution in [0.4, 0.5) is 0 Å². The van der Waals surface area contributed by atoms with Crippen molar-refractivity contribution in [2.45, 2.75) is 84.7 Å². The third-order valence-corrected chi connectivity index (χ3v) is 4.50. The molecule has 0 spiro atoms. The molecule has 0 unspecified atom stereocenters. The maximum absolute atomic E-state index is 11.9. The first-order valence-electron chi connectivity index (χ1n) is 8.62. The van der Waals surface area contributed by atoms with Gasteiger partial charge in [0.25, 0.3) is 0 Å². The van der Waals surface area contributed by atoms with Crippen molar-refractivity contribution in [1.82, 2.24) is 0 Å². The molecule has 1 rings (SSSR count). The number of carbonyl (C=O) groups is 2. The molecule has 1 aliphatic heterocycles. The molecule has 4 nitrogen and oxygen atoms in total. The summed E-state index contributed by atoms with van der Waals surface area (Å²) in [5, 5.41) is 0. The summed E-state index contributed by atoms with van der Waals surface area (Å²) in [5.41, 5.74) is 0.00543. The third kappa shape index (κ3) is 6.80. The molecule has 0 amide bonds. The zero-order chi connectivity index (χ0) is 16.6. The zero-order valence-corrected chi connectivity index (χ0v) is 14.7. The molecule has 1 saturated heterocycles. The summed E-state index contributed by atoms with van der Waals surface area (Å²) in [4.78, 5) is 22.8. The average molecular weight is 312 g/mol. The summed E-state index contributed by atoms with van der Waals surface area (Å²) >= 11 is 0. The minimum Gasteiger partial charge on any atom is -0.469 e. The lowest BCUT2D eigenvalue weighted by molar-refractivity contribution is -0.146. The minimum atomic E-state index is -0.114. The van der Waals surface area contributed by atoms with Gasteiger partial charge >= 0.3 is 11.9 Å². The monoisotopic (exact) mass is 312 g/mol. The standard InChI is InChI=1S/C18H32O4/c1-18(2,3)15-13-14(22-17(15)20)11-9-7-5-6-8-10-12-16(19)21-4/h14-15H,5-13H2,1-4H3/t14-,15-/m0/s1. The fourth-order valence-electron chi connectivity index (χ4n) is 2.99. The van der Waals surface area contributed by atoms with Crippen molar-refractivity contribution in [3.63, 3.8) is 0 Å². The van der Waals surface area contributed by atoms with Crippen LogP contribution < -0.4 is 0 Å². The maximum Gasteiger partial charge on any atom is 0.309 e. The highest BCUT2D eigenvalue weighted by atomic mass is 16.6. The van der Waals surface area contributed by atoms with E-state index in [2.05, 4.69) is 25.5 Å². The molecular formula is C18H32O4. The molecule has 0 N–H and O–H groups in total. The van der Waals surface area contributed by atoms with Crippen LogP contribution >= 0.6 is 0 Å². The van der Waals surface area contributed by atoms with Crippen molar-refractivity contribution >= 4 is 11.9 Å². The lowest BCUT2D eigenvalue weighted by atomic mass is 9.79. The van der Waals surface area contributed by atoms with Crippen LogP contribution in [0.2, 0.25) is 0 Å². The van der Waals surface area contributed by atoms with E-state index >= 15 is 0 Å². The van der Waals surface area contributed by atoms with E-state index in [4.69, 9.17) is 4.74 Å². The summed E-state index contributed by atoms with van der Waals surface area (Å²) in [7, 11) is 1.43. The molecule has 4 heteroatoms. The summed E-state index contributed by atoms with van der Waals surface area (Å²) < 4.78 is 10.1. The van der Waals surface area contributed by atoms with Crippen LogP contribution in [-0.2, 0) is 19.1 Å². The van der Waals surface area contributed by atoms with E-state index in [-0.39, 0.29) is 29.4 Å². The van der Waals surface area contributed by atoms with Gasteiger partial charge in [-0.25, -0.2) is 0 Å². The molecule has 1 heterocycles. The summed E-state index contributed by atoms with van der Waals surface area (Å²) in [6, 6.07) is 0. The largest absolute Gasteiger partial charge is 0.469 e. The van der Waals surface area contributed by atoms with Crippen molar-refractivity contribution in [2.24, 2.45) is 11.3 Å². The van der Waals surface area contributed by atoms with Crippen molar-refractivity contribution in [3.8, 4) is 0 Å². The quantitative estimate of drug-likeness (QED) is 0.471. The van der Waals surface area contributed by atoms with Crippen LogP contribution in [-0.4, -0.2) is 25.2 Å². The minimum absolute atomic E-state index is 0.00543. The lowest BCUT2D eigenvalue weighted by Gasteiger charge is -2.22. The van der Waals surface area contributed by atoms with Gasteiger partial charge in [-0.2, -0.15) is 0 Å². The van der Waals surface area contributed by atoms with E-state index in [1.165, 1.54) is 20.0 Å². The van der Waals surface area contributed by atoms with Gasteiger partial charge in [0, 0.05) is 6.42 Å². The normalized spacial score (nSPS) is 21.7. The van der Waals surface area contributed by atoms with Crippen LogP contribution in [0.15, 0.2) is 0 Å². The van der Waals surface area contributed by atoms with Crippen LogP contribution in [0, 0.1) is 11.3 Å². The summed E-state index contributed by atoms with van der Waals surface area (Å²) in [5.74, 6) is -0.0763. The molecule has 22 heavy (non-hydrogen) atoms. The Bertz CT molecular complexity index is 357. The number of cyclic esters (lactones) is 1. The molecular weight excluding hydrogens is 280 g/mol. The Morgan fingerprint density at radius 3 is 2.27 bits per heavy atom. The number of unbranched alkanes of at least 4 members (excludes halogenated alkanes) is 5.